The summed E-state index contributed by atoms with van der Waals surface area (Å²) in [6.07, 6.45) is 1.58. The van der Waals surface area contributed by atoms with Crippen LogP contribution in [0.2, 0.25) is 10.0 Å². The number of nitrogens with zero attached hydrogens (tertiary/aromatic N) is 2. The van der Waals surface area contributed by atoms with Crippen LogP contribution in [-0.4, -0.2) is 57.1 Å². The fourth-order valence-electron chi connectivity index (χ4n) is 4.62. The molecule has 3 aromatic rings. The topological polar surface area (TPSA) is 96.0 Å². The van der Waals surface area contributed by atoms with E-state index in [0.29, 0.717) is 40.2 Å². The summed E-state index contributed by atoms with van der Waals surface area (Å²) in [5.41, 5.74) is 1.81. The molecule has 0 fully saturated rings. The number of carbonyl (C=O) groups is 2. The van der Waals surface area contributed by atoms with E-state index in [1.165, 1.54) is 9.21 Å². The maximum Gasteiger partial charge on any atom is 0.243 e. The van der Waals surface area contributed by atoms with Gasteiger partial charge in [0.25, 0.3) is 0 Å². The summed E-state index contributed by atoms with van der Waals surface area (Å²) in [5, 5.41) is 3.61. The number of amides is 2. The second-order valence-corrected chi connectivity index (χ2v) is 12.4. The Balaban J connectivity index is 1.92. The average molecular weight is 635 g/mol. The lowest BCUT2D eigenvalue weighted by molar-refractivity contribution is -0.141. The zero-order valence-electron chi connectivity index (χ0n) is 24.1. The van der Waals surface area contributed by atoms with Crippen LogP contribution in [0.5, 0.6) is 5.75 Å². The fourth-order valence-corrected chi connectivity index (χ4v) is 6.11. The largest absolute Gasteiger partial charge is 0.492 e. The molecule has 1 N–H and O–H groups in total. The lowest BCUT2D eigenvalue weighted by Gasteiger charge is -2.32. The lowest BCUT2D eigenvalue weighted by atomic mass is 10.0. The first-order chi connectivity index (χ1) is 20.1. The highest BCUT2D eigenvalue weighted by Gasteiger charge is 2.31. The second kappa shape index (κ2) is 15.8. The number of anilines is 1. The van der Waals surface area contributed by atoms with Crippen LogP contribution < -0.4 is 14.4 Å². The maximum atomic E-state index is 13.9. The molecule has 3 rings (SSSR count). The van der Waals surface area contributed by atoms with Gasteiger partial charge in [0.05, 0.1) is 18.6 Å². The molecular weight excluding hydrogens is 597 g/mol. The second-order valence-electron chi connectivity index (χ2n) is 9.66. The third kappa shape index (κ3) is 9.11. The van der Waals surface area contributed by atoms with E-state index >= 15 is 0 Å². The molecule has 0 aliphatic heterocycles. The summed E-state index contributed by atoms with van der Waals surface area (Å²) in [4.78, 5) is 28.8. The molecule has 0 heterocycles. The van der Waals surface area contributed by atoms with Crippen molar-refractivity contribution in [2.75, 3.05) is 30.3 Å². The molecule has 0 aliphatic carbocycles. The summed E-state index contributed by atoms with van der Waals surface area (Å²) in [5.74, 6) is -0.197. The fraction of sp³-hybridized carbons (Fsp3) is 0.355. The van der Waals surface area contributed by atoms with E-state index in [1.54, 1.807) is 42.5 Å². The quantitative estimate of drug-likeness (QED) is 0.231. The molecule has 0 radical (unpaired) electrons. The SMILES string of the molecule is CCNC(=O)C(Cc1ccccc1)N(Cc1c(Cl)cccc1Cl)C(=O)CCCN(c1ccccc1OCC)S(C)(=O)=O. The molecule has 2 amide bonds. The molecule has 1 atom stereocenters. The van der Waals surface area contributed by atoms with Gasteiger partial charge in [-0.15, -0.1) is 0 Å². The Bertz CT molecular complexity index is 1430. The van der Waals surface area contributed by atoms with Crippen LogP contribution in [0.25, 0.3) is 0 Å². The third-order valence-electron chi connectivity index (χ3n) is 6.60. The van der Waals surface area contributed by atoms with E-state index in [1.807, 2.05) is 44.2 Å². The van der Waals surface area contributed by atoms with Crippen LogP contribution in [0.4, 0.5) is 5.69 Å². The number of para-hydroxylation sites is 2. The number of likely N-dealkylation sites (N-methyl/N-ethyl adjacent to an activating group) is 1. The van der Waals surface area contributed by atoms with Gasteiger partial charge in [-0.1, -0.05) is 71.7 Å². The van der Waals surface area contributed by atoms with Crippen molar-refractivity contribution in [1.29, 1.82) is 0 Å². The number of halogens is 2. The molecule has 0 aromatic heterocycles. The van der Waals surface area contributed by atoms with Crippen LogP contribution in [0.1, 0.15) is 37.8 Å². The first-order valence-corrected chi connectivity index (χ1v) is 16.4. The third-order valence-corrected chi connectivity index (χ3v) is 8.49. The number of nitrogens with one attached hydrogen (secondary N) is 1. The summed E-state index contributed by atoms with van der Waals surface area (Å²) in [6.45, 7) is 4.45. The highest BCUT2D eigenvalue weighted by Crippen LogP contribution is 2.31. The predicted molar refractivity (Wildman–Crippen MR) is 169 cm³/mol. The van der Waals surface area contributed by atoms with Gasteiger partial charge in [-0.3, -0.25) is 13.9 Å². The first kappa shape index (κ1) is 33.2. The van der Waals surface area contributed by atoms with Gasteiger partial charge in [-0.05, 0) is 50.1 Å². The molecule has 0 spiro atoms. The van der Waals surface area contributed by atoms with E-state index < -0.39 is 16.1 Å². The molecule has 0 aliphatic rings. The van der Waals surface area contributed by atoms with E-state index in [0.717, 1.165) is 11.8 Å². The van der Waals surface area contributed by atoms with Gasteiger partial charge >= 0.3 is 0 Å². The minimum Gasteiger partial charge on any atom is -0.492 e. The summed E-state index contributed by atoms with van der Waals surface area (Å²) in [6, 6.07) is 20.5. The van der Waals surface area contributed by atoms with E-state index in [2.05, 4.69) is 5.32 Å². The van der Waals surface area contributed by atoms with Crippen LogP contribution >= 0.6 is 23.2 Å². The Hall–Kier alpha value is -3.27. The molecule has 42 heavy (non-hydrogen) atoms. The van der Waals surface area contributed by atoms with Crippen LogP contribution in [0.3, 0.4) is 0 Å². The summed E-state index contributed by atoms with van der Waals surface area (Å²) in [7, 11) is -3.69. The van der Waals surface area contributed by atoms with Crippen molar-refractivity contribution in [2.24, 2.45) is 0 Å². The van der Waals surface area contributed by atoms with Crippen LogP contribution in [0, 0.1) is 0 Å². The number of sulfonamides is 1. The van der Waals surface area contributed by atoms with Gasteiger partial charge in [0.1, 0.15) is 11.8 Å². The zero-order chi connectivity index (χ0) is 30.7. The van der Waals surface area contributed by atoms with Gasteiger partial charge in [-0.25, -0.2) is 8.42 Å². The Morgan fingerprint density at radius 3 is 2.19 bits per heavy atom. The Morgan fingerprint density at radius 1 is 0.929 bits per heavy atom. The molecule has 1 unspecified atom stereocenters. The molecule has 8 nitrogen and oxygen atoms in total. The van der Waals surface area contributed by atoms with Crippen LogP contribution in [-0.2, 0) is 32.6 Å². The number of hydrogen-bond acceptors (Lipinski definition) is 5. The molecule has 0 bridgehead atoms. The number of ether oxygens (including phenoxy) is 1. The highest BCUT2D eigenvalue weighted by molar-refractivity contribution is 7.92. The smallest absolute Gasteiger partial charge is 0.243 e. The maximum absolute atomic E-state index is 13.9. The number of benzene rings is 3. The Labute approximate surface area is 258 Å². The molecule has 226 valence electrons. The molecular formula is C31H37Cl2N3O5S. The first-order valence-electron chi connectivity index (χ1n) is 13.8. The van der Waals surface area contributed by atoms with E-state index in [-0.39, 0.29) is 44.2 Å². The summed E-state index contributed by atoms with van der Waals surface area (Å²) < 4.78 is 32.5. The monoisotopic (exact) mass is 633 g/mol. The Kier molecular flexibility index (Phi) is 12.5. The van der Waals surface area contributed by atoms with Crippen LogP contribution in [0.15, 0.2) is 72.8 Å². The average Bonchev–Trinajstić information content (AvgIpc) is 2.95. The highest BCUT2D eigenvalue weighted by atomic mass is 35.5. The van der Waals surface area contributed by atoms with Crippen molar-refractivity contribution in [3.05, 3.63) is 94.0 Å². The van der Waals surface area contributed by atoms with Gasteiger partial charge in [0.15, 0.2) is 0 Å². The normalized spacial score (nSPS) is 11.9. The van der Waals surface area contributed by atoms with Gasteiger partial charge in [0, 0.05) is 48.1 Å². The van der Waals surface area contributed by atoms with Crippen molar-refractivity contribution in [3.63, 3.8) is 0 Å². The summed E-state index contributed by atoms with van der Waals surface area (Å²) >= 11 is 13.0. The van der Waals surface area contributed by atoms with Crippen molar-refractivity contribution in [1.82, 2.24) is 10.2 Å². The predicted octanol–water partition coefficient (Wildman–Crippen LogP) is 5.71. The molecule has 0 saturated carbocycles. The molecule has 11 heteroatoms. The van der Waals surface area contributed by atoms with Crippen molar-refractivity contribution in [2.45, 2.75) is 45.7 Å². The zero-order valence-corrected chi connectivity index (χ0v) is 26.4. The van der Waals surface area contributed by atoms with E-state index in [4.69, 9.17) is 27.9 Å². The minimum atomic E-state index is -3.69. The number of carbonyl (C=O) groups excluding carboxylic acids is 2. The number of rotatable bonds is 15. The number of hydrogen-bond donors (Lipinski definition) is 1. The van der Waals surface area contributed by atoms with Gasteiger partial charge < -0.3 is 15.0 Å². The van der Waals surface area contributed by atoms with E-state index in [9.17, 15) is 18.0 Å². The molecule has 3 aromatic carbocycles. The Morgan fingerprint density at radius 2 is 1.57 bits per heavy atom. The lowest BCUT2D eigenvalue weighted by Crippen LogP contribution is -2.50. The van der Waals surface area contributed by atoms with Crippen molar-refractivity contribution >= 4 is 50.7 Å². The van der Waals surface area contributed by atoms with Gasteiger partial charge in [0.2, 0.25) is 21.8 Å². The minimum absolute atomic E-state index is 0.00887. The van der Waals surface area contributed by atoms with Gasteiger partial charge in [-0.2, -0.15) is 0 Å². The standard InChI is InChI=1S/C31H37Cl2N3O5S/c1-4-34-31(38)28(21-23-13-7-6-8-14-23)35(22-24-25(32)15-11-16-26(24)33)30(37)19-12-20-36(42(3,39)40)27-17-9-10-18-29(27)41-5-2/h6-11,13-18,28H,4-5,12,19-22H2,1-3H3,(H,34,38). The van der Waals surface area contributed by atoms with Crippen molar-refractivity contribution < 1.29 is 22.7 Å². The van der Waals surface area contributed by atoms with Crippen molar-refractivity contribution in [3.8, 4) is 5.75 Å². The molecule has 0 saturated heterocycles.